The van der Waals surface area contributed by atoms with E-state index in [2.05, 4.69) is 60.7 Å². The van der Waals surface area contributed by atoms with Gasteiger partial charge in [-0.1, -0.05) is 26.2 Å². The van der Waals surface area contributed by atoms with Crippen molar-refractivity contribution in [2.75, 3.05) is 5.32 Å². The molecule has 0 aromatic carbocycles. The second-order valence-corrected chi connectivity index (χ2v) is 9.13. The Bertz CT molecular complexity index is 857. The Hall–Kier alpha value is -1.68. The van der Waals surface area contributed by atoms with E-state index < -0.39 is 0 Å². The van der Waals surface area contributed by atoms with Gasteiger partial charge in [0.1, 0.15) is 11.6 Å². The molecule has 0 aliphatic heterocycles. The number of halogens is 1. The number of rotatable bonds is 5. The van der Waals surface area contributed by atoms with Gasteiger partial charge in [-0.15, -0.1) is 0 Å². The highest BCUT2D eigenvalue weighted by Gasteiger charge is 2.27. The van der Waals surface area contributed by atoms with Crippen molar-refractivity contribution in [2.24, 2.45) is 17.8 Å². The predicted molar refractivity (Wildman–Crippen MR) is 109 cm³/mol. The highest BCUT2D eigenvalue weighted by molar-refractivity contribution is 9.10. The van der Waals surface area contributed by atoms with E-state index in [1.807, 2.05) is 0 Å². The SMILES string of the molecule is CC1CCC(Cn2c(Br)nc3nc(C#N)nc(N[C@H](C)C4CCC4)c32)CC1. The fraction of sp³-hybridized carbons (Fsp3) is 0.700. The van der Waals surface area contributed by atoms with Gasteiger partial charge in [0.15, 0.2) is 16.2 Å². The van der Waals surface area contributed by atoms with Crippen LogP contribution in [0.15, 0.2) is 4.73 Å². The van der Waals surface area contributed by atoms with Crippen LogP contribution in [0.5, 0.6) is 0 Å². The molecule has 2 aliphatic rings. The first-order chi connectivity index (χ1) is 13.0. The van der Waals surface area contributed by atoms with Crippen molar-refractivity contribution in [3.63, 3.8) is 0 Å². The van der Waals surface area contributed by atoms with Crippen molar-refractivity contribution < 1.29 is 0 Å². The van der Waals surface area contributed by atoms with E-state index in [1.54, 1.807) is 0 Å². The molecule has 2 saturated carbocycles. The van der Waals surface area contributed by atoms with Crippen LogP contribution in [0.1, 0.15) is 64.6 Å². The molecule has 2 fully saturated rings. The number of hydrogen-bond acceptors (Lipinski definition) is 5. The van der Waals surface area contributed by atoms with Gasteiger partial charge in [-0.3, -0.25) is 0 Å². The molecule has 0 spiro atoms. The molecule has 6 nitrogen and oxygen atoms in total. The number of nitriles is 1. The largest absolute Gasteiger partial charge is 0.365 e. The van der Waals surface area contributed by atoms with Crippen LogP contribution in [-0.4, -0.2) is 25.6 Å². The summed E-state index contributed by atoms with van der Waals surface area (Å²) >= 11 is 3.62. The first-order valence-electron chi connectivity index (χ1n) is 10.2. The Morgan fingerprint density at radius 3 is 2.56 bits per heavy atom. The summed E-state index contributed by atoms with van der Waals surface area (Å²) in [5, 5.41) is 12.9. The van der Waals surface area contributed by atoms with E-state index in [-0.39, 0.29) is 5.82 Å². The minimum Gasteiger partial charge on any atom is -0.365 e. The molecule has 0 radical (unpaired) electrons. The van der Waals surface area contributed by atoms with E-state index in [0.717, 1.165) is 28.5 Å². The summed E-state index contributed by atoms with van der Waals surface area (Å²) in [6.07, 6.45) is 8.94. The number of hydrogen-bond donors (Lipinski definition) is 1. The molecule has 2 aliphatic carbocycles. The minimum atomic E-state index is 0.175. The average molecular weight is 431 g/mol. The first kappa shape index (κ1) is 18.7. The summed E-state index contributed by atoms with van der Waals surface area (Å²) in [6, 6.07) is 2.41. The monoisotopic (exact) mass is 430 g/mol. The Balaban J connectivity index is 1.68. The van der Waals surface area contributed by atoms with Crippen LogP contribution in [0, 0.1) is 29.1 Å². The van der Waals surface area contributed by atoms with Gasteiger partial charge in [0, 0.05) is 12.6 Å². The average Bonchev–Trinajstić information content (AvgIpc) is 2.90. The Labute approximate surface area is 168 Å². The molecule has 0 saturated heterocycles. The Kier molecular flexibility index (Phi) is 5.36. The minimum absolute atomic E-state index is 0.175. The van der Waals surface area contributed by atoms with Crippen LogP contribution in [0.3, 0.4) is 0 Å². The van der Waals surface area contributed by atoms with Crippen molar-refractivity contribution in [1.82, 2.24) is 19.5 Å². The van der Waals surface area contributed by atoms with Crippen molar-refractivity contribution in [1.29, 1.82) is 5.26 Å². The molecule has 0 bridgehead atoms. The maximum absolute atomic E-state index is 9.34. The molecule has 144 valence electrons. The Morgan fingerprint density at radius 2 is 1.93 bits per heavy atom. The van der Waals surface area contributed by atoms with Gasteiger partial charge >= 0.3 is 0 Å². The summed E-state index contributed by atoms with van der Waals surface area (Å²) in [6.45, 7) is 5.48. The fourth-order valence-electron chi connectivity index (χ4n) is 4.37. The van der Waals surface area contributed by atoms with Gasteiger partial charge in [0.2, 0.25) is 5.82 Å². The quantitative estimate of drug-likeness (QED) is 0.682. The molecular weight excluding hydrogens is 404 g/mol. The van der Waals surface area contributed by atoms with E-state index >= 15 is 0 Å². The number of aromatic nitrogens is 4. The summed E-state index contributed by atoms with van der Waals surface area (Å²) in [7, 11) is 0. The fourth-order valence-corrected chi connectivity index (χ4v) is 4.86. The zero-order valence-electron chi connectivity index (χ0n) is 16.1. The highest BCUT2D eigenvalue weighted by Crippen LogP contribution is 2.35. The molecule has 7 heteroatoms. The standard InChI is InChI=1S/C20H27BrN6/c1-12-6-8-14(9-7-12)11-27-17-18(23-13(2)15-4-3-5-15)24-16(10-22)25-19(17)26-20(27)21/h12-15H,3-9,11H2,1-2H3,(H,23,24,25)/t12?,13-,14?/m1/s1. The number of anilines is 1. The molecule has 1 atom stereocenters. The number of nitrogens with zero attached hydrogens (tertiary/aromatic N) is 5. The number of nitrogens with one attached hydrogen (secondary N) is 1. The van der Waals surface area contributed by atoms with Gasteiger partial charge in [-0.25, -0.2) is 4.98 Å². The van der Waals surface area contributed by atoms with Gasteiger partial charge in [-0.2, -0.15) is 15.2 Å². The van der Waals surface area contributed by atoms with Gasteiger partial charge in [0.25, 0.3) is 0 Å². The third-order valence-electron chi connectivity index (χ3n) is 6.45. The van der Waals surface area contributed by atoms with Crippen LogP contribution >= 0.6 is 15.9 Å². The summed E-state index contributed by atoms with van der Waals surface area (Å²) < 4.78 is 2.98. The van der Waals surface area contributed by atoms with Gasteiger partial charge in [-0.05, 0) is 66.3 Å². The predicted octanol–water partition coefficient (Wildman–Crippen LogP) is 4.89. The smallest absolute Gasteiger partial charge is 0.236 e. The molecule has 0 unspecified atom stereocenters. The normalized spacial score (nSPS) is 24.4. The second-order valence-electron chi connectivity index (χ2n) is 8.42. The van der Waals surface area contributed by atoms with E-state index in [9.17, 15) is 5.26 Å². The van der Waals surface area contributed by atoms with Crippen molar-refractivity contribution >= 4 is 32.9 Å². The maximum atomic E-state index is 9.34. The lowest BCUT2D eigenvalue weighted by molar-refractivity contribution is 0.265. The van der Waals surface area contributed by atoms with Gasteiger partial charge < -0.3 is 9.88 Å². The zero-order chi connectivity index (χ0) is 19.0. The molecule has 2 aromatic rings. The molecule has 4 rings (SSSR count). The van der Waals surface area contributed by atoms with Crippen molar-refractivity contribution in [3.05, 3.63) is 10.6 Å². The van der Waals surface area contributed by atoms with Crippen LogP contribution < -0.4 is 5.32 Å². The molecule has 27 heavy (non-hydrogen) atoms. The lowest BCUT2D eigenvalue weighted by atomic mass is 9.80. The van der Waals surface area contributed by atoms with Crippen molar-refractivity contribution in [2.45, 2.75) is 71.4 Å². The molecular formula is C20H27BrN6. The highest BCUT2D eigenvalue weighted by atomic mass is 79.9. The second kappa shape index (κ2) is 7.75. The topological polar surface area (TPSA) is 79.4 Å². The van der Waals surface area contributed by atoms with E-state index in [1.165, 1.54) is 44.9 Å². The van der Waals surface area contributed by atoms with E-state index in [0.29, 0.717) is 23.5 Å². The summed E-state index contributed by atoms with van der Waals surface area (Å²) in [5.74, 6) is 3.10. The molecule has 1 N–H and O–H groups in total. The van der Waals surface area contributed by atoms with Gasteiger partial charge in [0.05, 0.1) is 0 Å². The maximum Gasteiger partial charge on any atom is 0.236 e. The van der Waals surface area contributed by atoms with E-state index in [4.69, 9.17) is 0 Å². The Morgan fingerprint density at radius 1 is 1.19 bits per heavy atom. The third kappa shape index (κ3) is 3.82. The lowest BCUT2D eigenvalue weighted by Crippen LogP contribution is -2.31. The van der Waals surface area contributed by atoms with Crippen molar-refractivity contribution in [3.8, 4) is 6.07 Å². The summed E-state index contributed by atoms with van der Waals surface area (Å²) in [4.78, 5) is 13.5. The molecule has 0 amide bonds. The zero-order valence-corrected chi connectivity index (χ0v) is 17.7. The molecule has 2 aromatic heterocycles. The molecule has 2 heterocycles. The lowest BCUT2D eigenvalue weighted by Gasteiger charge is -2.32. The van der Waals surface area contributed by atoms with Crippen LogP contribution in [0.25, 0.3) is 11.2 Å². The van der Waals surface area contributed by atoms with Crippen LogP contribution in [0.4, 0.5) is 5.82 Å². The van der Waals surface area contributed by atoms with Crippen LogP contribution in [0.2, 0.25) is 0 Å². The summed E-state index contributed by atoms with van der Waals surface area (Å²) in [5.41, 5.74) is 1.52. The number of fused-ring (bicyclic) bond motifs is 1. The number of imidazole rings is 1. The van der Waals surface area contributed by atoms with Crippen LogP contribution in [-0.2, 0) is 6.54 Å². The first-order valence-corrected chi connectivity index (χ1v) is 10.9. The third-order valence-corrected chi connectivity index (χ3v) is 7.06.